The number of benzene rings is 1. The van der Waals surface area contributed by atoms with Crippen LogP contribution in [0.1, 0.15) is 37.5 Å². The van der Waals surface area contributed by atoms with Gasteiger partial charge in [0.2, 0.25) is 0 Å². The third-order valence-electron chi connectivity index (χ3n) is 2.51. The lowest BCUT2D eigenvalue weighted by Gasteiger charge is -2.16. The van der Waals surface area contributed by atoms with E-state index in [2.05, 4.69) is 0 Å². The lowest BCUT2D eigenvalue weighted by atomic mass is 10.0. The molecule has 0 saturated heterocycles. The van der Waals surface area contributed by atoms with Crippen LogP contribution in [0.3, 0.4) is 0 Å². The zero-order valence-corrected chi connectivity index (χ0v) is 10.3. The molecule has 5 heteroatoms. The summed E-state index contributed by atoms with van der Waals surface area (Å²) in [5.41, 5.74) is -0.276. The van der Waals surface area contributed by atoms with Crippen molar-refractivity contribution in [3.8, 4) is 0 Å². The summed E-state index contributed by atoms with van der Waals surface area (Å²) in [6, 6.07) is 4.50. The molecule has 0 spiro atoms. The van der Waals surface area contributed by atoms with Crippen LogP contribution in [0, 0.1) is 0 Å². The molecule has 0 N–H and O–H groups in total. The molecule has 18 heavy (non-hydrogen) atoms. The first-order chi connectivity index (χ1) is 8.40. The van der Waals surface area contributed by atoms with Crippen molar-refractivity contribution in [2.24, 2.45) is 0 Å². The highest BCUT2D eigenvalue weighted by atomic mass is 19.4. The molecule has 0 amide bonds. The van der Waals surface area contributed by atoms with Gasteiger partial charge in [-0.05, 0) is 24.6 Å². The summed E-state index contributed by atoms with van der Waals surface area (Å²) in [5.74, 6) is -0.142. The minimum Gasteiger partial charge on any atom is -0.366 e. The lowest BCUT2D eigenvalue weighted by molar-refractivity contribution is -0.137. The summed E-state index contributed by atoms with van der Waals surface area (Å²) in [7, 11) is 0. The molecule has 2 nitrogen and oxygen atoms in total. The fourth-order valence-electron chi connectivity index (χ4n) is 1.57. The van der Waals surface area contributed by atoms with Crippen LogP contribution in [0.25, 0.3) is 0 Å². The van der Waals surface area contributed by atoms with E-state index in [9.17, 15) is 18.0 Å². The van der Waals surface area contributed by atoms with Gasteiger partial charge in [0, 0.05) is 13.0 Å². The van der Waals surface area contributed by atoms with Crippen LogP contribution in [0.15, 0.2) is 24.3 Å². The fraction of sp³-hybridized carbons (Fsp3) is 0.462. The van der Waals surface area contributed by atoms with Crippen molar-refractivity contribution in [2.75, 3.05) is 6.61 Å². The van der Waals surface area contributed by atoms with E-state index in [1.54, 1.807) is 13.8 Å². The van der Waals surface area contributed by atoms with Crippen molar-refractivity contribution in [1.82, 2.24) is 0 Å². The Hall–Kier alpha value is -1.36. The predicted octanol–water partition coefficient (Wildman–Crippen LogP) is 3.76. The maximum Gasteiger partial charge on any atom is 0.416 e. The highest BCUT2D eigenvalue weighted by molar-refractivity contribution is 5.84. The average molecular weight is 260 g/mol. The van der Waals surface area contributed by atoms with Crippen molar-refractivity contribution in [3.63, 3.8) is 0 Å². The van der Waals surface area contributed by atoms with Gasteiger partial charge in [-0.2, -0.15) is 13.2 Å². The quantitative estimate of drug-likeness (QED) is 0.805. The Morgan fingerprint density at radius 3 is 2.17 bits per heavy atom. The van der Waals surface area contributed by atoms with Gasteiger partial charge in [0.15, 0.2) is 5.78 Å². The van der Waals surface area contributed by atoms with Gasteiger partial charge in [-0.15, -0.1) is 0 Å². The number of Topliss-reactive ketones (excluding diaryl/α,β-unsaturated/α-hetero) is 1. The minimum atomic E-state index is -4.37. The molecule has 1 aromatic rings. The van der Waals surface area contributed by atoms with Gasteiger partial charge >= 0.3 is 6.18 Å². The molecular weight excluding hydrogens is 245 g/mol. The van der Waals surface area contributed by atoms with Crippen LogP contribution in [-0.2, 0) is 15.7 Å². The monoisotopic (exact) mass is 260 g/mol. The summed E-state index contributed by atoms with van der Waals surface area (Å²) in [6.07, 6.45) is -4.86. The van der Waals surface area contributed by atoms with E-state index >= 15 is 0 Å². The number of hydrogen-bond acceptors (Lipinski definition) is 2. The van der Waals surface area contributed by atoms with E-state index in [1.807, 2.05) is 0 Å². The van der Waals surface area contributed by atoms with Gasteiger partial charge in [-0.25, -0.2) is 0 Å². The van der Waals surface area contributed by atoms with Crippen molar-refractivity contribution in [2.45, 2.75) is 32.5 Å². The van der Waals surface area contributed by atoms with Gasteiger partial charge in [-0.3, -0.25) is 4.79 Å². The lowest BCUT2D eigenvalue weighted by Crippen LogP contribution is -2.15. The Morgan fingerprint density at radius 1 is 1.22 bits per heavy atom. The number of rotatable bonds is 5. The molecule has 0 aliphatic rings. The topological polar surface area (TPSA) is 26.3 Å². The van der Waals surface area contributed by atoms with Gasteiger partial charge in [0.1, 0.15) is 6.10 Å². The van der Waals surface area contributed by atoms with Crippen LogP contribution in [0.5, 0.6) is 0 Å². The first kappa shape index (κ1) is 14.7. The summed E-state index contributed by atoms with van der Waals surface area (Å²) in [4.78, 5) is 11.6. The summed E-state index contributed by atoms with van der Waals surface area (Å²) in [5, 5.41) is 0. The normalized spacial score (nSPS) is 13.4. The smallest absolute Gasteiger partial charge is 0.366 e. The SMILES string of the molecule is CCOC(C(=O)CC)c1ccc(C(F)(F)F)cc1. The fourth-order valence-corrected chi connectivity index (χ4v) is 1.57. The molecule has 0 saturated carbocycles. The first-order valence-electron chi connectivity index (χ1n) is 5.71. The number of alkyl halides is 3. The molecule has 0 radical (unpaired) electrons. The van der Waals surface area contributed by atoms with Crippen LogP contribution in [0.2, 0.25) is 0 Å². The van der Waals surface area contributed by atoms with E-state index in [0.29, 0.717) is 12.2 Å². The summed E-state index contributed by atoms with van der Waals surface area (Å²) in [6.45, 7) is 3.76. The zero-order chi connectivity index (χ0) is 13.8. The third-order valence-corrected chi connectivity index (χ3v) is 2.51. The molecule has 0 bridgehead atoms. The molecule has 100 valence electrons. The Morgan fingerprint density at radius 2 is 1.78 bits per heavy atom. The molecule has 0 heterocycles. The number of halogens is 3. The second kappa shape index (κ2) is 6.00. The maximum atomic E-state index is 12.4. The van der Waals surface area contributed by atoms with Crippen LogP contribution >= 0.6 is 0 Å². The number of carbonyl (C=O) groups excluding carboxylic acids is 1. The largest absolute Gasteiger partial charge is 0.416 e. The van der Waals surface area contributed by atoms with E-state index in [4.69, 9.17) is 4.74 Å². The van der Waals surface area contributed by atoms with Crippen molar-refractivity contribution in [3.05, 3.63) is 35.4 Å². The second-order valence-electron chi connectivity index (χ2n) is 3.78. The van der Waals surface area contributed by atoms with Crippen LogP contribution < -0.4 is 0 Å². The predicted molar refractivity (Wildman–Crippen MR) is 61.1 cm³/mol. The minimum absolute atomic E-state index is 0.142. The highest BCUT2D eigenvalue weighted by Crippen LogP contribution is 2.30. The van der Waals surface area contributed by atoms with Gasteiger partial charge in [-0.1, -0.05) is 19.1 Å². The van der Waals surface area contributed by atoms with E-state index in [1.165, 1.54) is 12.1 Å². The van der Waals surface area contributed by atoms with Gasteiger partial charge in [0.25, 0.3) is 0 Å². The second-order valence-corrected chi connectivity index (χ2v) is 3.78. The number of hydrogen-bond donors (Lipinski definition) is 0. The molecule has 0 aliphatic heterocycles. The zero-order valence-electron chi connectivity index (χ0n) is 10.3. The molecule has 1 unspecified atom stereocenters. The highest BCUT2D eigenvalue weighted by Gasteiger charge is 2.30. The molecule has 0 fully saturated rings. The Labute approximate surface area is 104 Å². The average Bonchev–Trinajstić information content (AvgIpc) is 2.34. The molecule has 1 atom stereocenters. The molecule has 0 aromatic heterocycles. The summed E-state index contributed by atoms with van der Waals surface area (Å²) >= 11 is 0. The standard InChI is InChI=1S/C13H15F3O2/c1-3-11(17)12(18-4-2)9-5-7-10(8-6-9)13(14,15)16/h5-8,12H,3-4H2,1-2H3. The van der Waals surface area contributed by atoms with E-state index in [0.717, 1.165) is 12.1 Å². The Kier molecular flexibility index (Phi) is 4.90. The number of carbonyl (C=O) groups is 1. The van der Waals surface area contributed by atoms with Crippen LogP contribution in [0.4, 0.5) is 13.2 Å². The first-order valence-corrected chi connectivity index (χ1v) is 5.71. The molecule has 0 aliphatic carbocycles. The van der Waals surface area contributed by atoms with E-state index < -0.39 is 17.8 Å². The van der Waals surface area contributed by atoms with Crippen LogP contribution in [-0.4, -0.2) is 12.4 Å². The number of ketones is 1. The van der Waals surface area contributed by atoms with Crippen molar-refractivity contribution >= 4 is 5.78 Å². The van der Waals surface area contributed by atoms with Gasteiger partial charge in [0.05, 0.1) is 5.56 Å². The Balaban J connectivity index is 2.97. The number of ether oxygens (including phenoxy) is 1. The Bertz CT molecular complexity index is 396. The maximum absolute atomic E-state index is 12.4. The van der Waals surface area contributed by atoms with Crippen molar-refractivity contribution in [1.29, 1.82) is 0 Å². The summed E-state index contributed by atoms with van der Waals surface area (Å²) < 4.78 is 42.5. The van der Waals surface area contributed by atoms with Crippen molar-refractivity contribution < 1.29 is 22.7 Å². The molecule has 1 aromatic carbocycles. The molecule has 1 rings (SSSR count). The van der Waals surface area contributed by atoms with Gasteiger partial charge < -0.3 is 4.74 Å². The van der Waals surface area contributed by atoms with E-state index in [-0.39, 0.29) is 12.2 Å². The third kappa shape index (κ3) is 3.57. The molecular formula is C13H15F3O2.